The Labute approximate surface area is 121 Å². The predicted molar refractivity (Wildman–Crippen MR) is 74.1 cm³/mol. The van der Waals surface area contributed by atoms with Crippen molar-refractivity contribution in [2.45, 2.75) is 26.3 Å². The number of esters is 1. The van der Waals surface area contributed by atoms with Crippen molar-refractivity contribution in [3.63, 3.8) is 0 Å². The molecular weight excluding hydrogens is 280 g/mol. The molecule has 0 aliphatic rings. The third kappa shape index (κ3) is 4.26. The van der Waals surface area contributed by atoms with E-state index in [-0.39, 0.29) is 17.6 Å². The summed E-state index contributed by atoms with van der Waals surface area (Å²) in [5, 5.41) is 13.9. The first-order valence-corrected chi connectivity index (χ1v) is 6.28. The molecule has 1 unspecified atom stereocenters. The van der Waals surface area contributed by atoms with E-state index >= 15 is 0 Å². The Balaban J connectivity index is 3.14. The van der Waals surface area contributed by atoms with Gasteiger partial charge in [0.2, 0.25) is 5.82 Å². The van der Waals surface area contributed by atoms with Gasteiger partial charge in [-0.05, 0) is 12.3 Å². The van der Waals surface area contributed by atoms with E-state index < -0.39 is 22.6 Å². The molecule has 9 nitrogen and oxygen atoms in total. The molecule has 0 radical (unpaired) electrons. The Hall–Kier alpha value is -2.45. The lowest BCUT2D eigenvalue weighted by Crippen LogP contribution is -2.32. The van der Waals surface area contributed by atoms with Crippen LogP contribution in [0.3, 0.4) is 0 Å². The fourth-order valence-corrected chi connectivity index (χ4v) is 1.77. The summed E-state index contributed by atoms with van der Waals surface area (Å²) in [7, 11) is 2.53. The molecule has 0 spiro atoms. The molecule has 0 aliphatic heterocycles. The van der Waals surface area contributed by atoms with Gasteiger partial charge in [-0.2, -0.15) is 4.98 Å². The monoisotopic (exact) mass is 298 g/mol. The SMILES string of the molecule is COC(=O)C(CC(C)C)Nc1ncnc(OC)c1[N+](=O)[O-]. The molecule has 1 aromatic heterocycles. The Bertz CT molecular complexity index is 520. The highest BCUT2D eigenvalue weighted by atomic mass is 16.6. The molecule has 1 aromatic rings. The van der Waals surface area contributed by atoms with Crippen molar-refractivity contribution in [2.24, 2.45) is 5.92 Å². The number of carbonyl (C=O) groups excluding carboxylic acids is 1. The molecule has 0 aliphatic carbocycles. The zero-order valence-electron chi connectivity index (χ0n) is 12.3. The fraction of sp³-hybridized carbons (Fsp3) is 0.583. The number of methoxy groups -OCH3 is 2. The number of rotatable bonds is 7. The van der Waals surface area contributed by atoms with Crippen molar-refractivity contribution in [3.8, 4) is 5.88 Å². The Morgan fingerprint density at radius 1 is 1.43 bits per heavy atom. The maximum atomic E-state index is 11.8. The van der Waals surface area contributed by atoms with Crippen LogP contribution in [0.25, 0.3) is 0 Å². The van der Waals surface area contributed by atoms with Crippen LogP contribution in [-0.2, 0) is 9.53 Å². The normalized spacial score (nSPS) is 11.9. The van der Waals surface area contributed by atoms with Crippen LogP contribution in [0.1, 0.15) is 20.3 Å². The van der Waals surface area contributed by atoms with Gasteiger partial charge in [0.25, 0.3) is 5.88 Å². The van der Waals surface area contributed by atoms with E-state index in [1.54, 1.807) is 0 Å². The summed E-state index contributed by atoms with van der Waals surface area (Å²) >= 11 is 0. The second-order valence-electron chi connectivity index (χ2n) is 4.69. The van der Waals surface area contributed by atoms with E-state index in [2.05, 4.69) is 15.3 Å². The van der Waals surface area contributed by atoms with Crippen LogP contribution in [0.4, 0.5) is 11.5 Å². The first kappa shape index (κ1) is 16.6. The molecule has 1 atom stereocenters. The highest BCUT2D eigenvalue weighted by Crippen LogP contribution is 2.31. The highest BCUT2D eigenvalue weighted by molar-refractivity contribution is 5.80. The average Bonchev–Trinajstić information content (AvgIpc) is 2.44. The second-order valence-corrected chi connectivity index (χ2v) is 4.69. The van der Waals surface area contributed by atoms with E-state index in [1.807, 2.05) is 13.8 Å². The van der Waals surface area contributed by atoms with Crippen LogP contribution in [0.2, 0.25) is 0 Å². The van der Waals surface area contributed by atoms with Crippen molar-refractivity contribution in [2.75, 3.05) is 19.5 Å². The smallest absolute Gasteiger partial charge is 0.372 e. The van der Waals surface area contributed by atoms with Crippen LogP contribution >= 0.6 is 0 Å². The van der Waals surface area contributed by atoms with Crippen molar-refractivity contribution in [3.05, 3.63) is 16.4 Å². The molecule has 0 bridgehead atoms. The number of nitrogens with one attached hydrogen (secondary N) is 1. The van der Waals surface area contributed by atoms with Crippen LogP contribution < -0.4 is 10.1 Å². The number of hydrogen-bond donors (Lipinski definition) is 1. The first-order chi connectivity index (χ1) is 9.90. The van der Waals surface area contributed by atoms with Crippen LogP contribution in [0.15, 0.2) is 6.33 Å². The lowest BCUT2D eigenvalue weighted by molar-refractivity contribution is -0.385. The summed E-state index contributed by atoms with van der Waals surface area (Å²) in [4.78, 5) is 29.7. The molecule has 0 aromatic carbocycles. The van der Waals surface area contributed by atoms with E-state index in [9.17, 15) is 14.9 Å². The number of nitro groups is 1. The largest absolute Gasteiger partial charge is 0.476 e. The van der Waals surface area contributed by atoms with Gasteiger partial charge in [0, 0.05) is 0 Å². The minimum atomic E-state index is -0.742. The van der Waals surface area contributed by atoms with Gasteiger partial charge in [-0.25, -0.2) is 9.78 Å². The number of anilines is 1. The third-order valence-corrected chi connectivity index (χ3v) is 2.67. The number of hydrogen-bond acceptors (Lipinski definition) is 8. The minimum Gasteiger partial charge on any atom is -0.476 e. The van der Waals surface area contributed by atoms with Crippen LogP contribution in [0.5, 0.6) is 5.88 Å². The van der Waals surface area contributed by atoms with Gasteiger partial charge < -0.3 is 14.8 Å². The minimum absolute atomic E-state index is 0.0806. The molecule has 116 valence electrons. The number of carbonyl (C=O) groups is 1. The fourth-order valence-electron chi connectivity index (χ4n) is 1.77. The molecule has 21 heavy (non-hydrogen) atoms. The standard InChI is InChI=1S/C12H18N4O5/c1-7(2)5-8(12(17)21-4)15-10-9(16(18)19)11(20-3)14-6-13-10/h6-8H,5H2,1-4H3,(H,13,14,15). The van der Waals surface area contributed by atoms with E-state index in [4.69, 9.17) is 9.47 Å². The Kier molecular flexibility index (Phi) is 5.82. The zero-order valence-corrected chi connectivity index (χ0v) is 12.3. The van der Waals surface area contributed by atoms with Gasteiger partial charge in [-0.3, -0.25) is 10.1 Å². The van der Waals surface area contributed by atoms with Gasteiger partial charge in [0.05, 0.1) is 19.1 Å². The molecule has 9 heteroatoms. The average molecular weight is 298 g/mol. The second kappa shape index (κ2) is 7.36. The van der Waals surface area contributed by atoms with Crippen molar-refractivity contribution in [1.82, 2.24) is 9.97 Å². The summed E-state index contributed by atoms with van der Waals surface area (Å²) in [6.45, 7) is 3.85. The maximum absolute atomic E-state index is 11.8. The molecule has 1 rings (SSSR count). The molecular formula is C12H18N4O5. The van der Waals surface area contributed by atoms with Gasteiger partial charge in [0.15, 0.2) is 0 Å². The van der Waals surface area contributed by atoms with Gasteiger partial charge >= 0.3 is 11.7 Å². The van der Waals surface area contributed by atoms with Crippen LogP contribution in [-0.4, -0.2) is 41.1 Å². The Morgan fingerprint density at radius 3 is 2.57 bits per heavy atom. The third-order valence-electron chi connectivity index (χ3n) is 2.67. The van der Waals surface area contributed by atoms with E-state index in [1.165, 1.54) is 14.2 Å². The summed E-state index contributed by atoms with van der Waals surface area (Å²) in [5.41, 5.74) is -0.419. The molecule has 1 heterocycles. The van der Waals surface area contributed by atoms with Gasteiger partial charge in [-0.15, -0.1) is 0 Å². The first-order valence-electron chi connectivity index (χ1n) is 6.28. The number of ether oxygens (including phenoxy) is 2. The maximum Gasteiger partial charge on any atom is 0.372 e. The summed E-state index contributed by atoms with van der Waals surface area (Å²) in [5.74, 6) is -0.589. The predicted octanol–water partition coefficient (Wildman–Crippen LogP) is 1.39. The van der Waals surface area contributed by atoms with E-state index in [0.29, 0.717) is 6.42 Å². The summed E-state index contributed by atoms with van der Waals surface area (Å²) < 4.78 is 9.54. The Morgan fingerprint density at radius 2 is 2.10 bits per heavy atom. The number of aromatic nitrogens is 2. The molecule has 0 amide bonds. The molecule has 0 fully saturated rings. The van der Waals surface area contributed by atoms with Gasteiger partial charge in [-0.1, -0.05) is 13.8 Å². The summed E-state index contributed by atoms with van der Waals surface area (Å²) in [6, 6.07) is -0.742. The molecule has 0 saturated carbocycles. The summed E-state index contributed by atoms with van der Waals surface area (Å²) in [6.07, 6.45) is 1.56. The quantitative estimate of drug-likeness (QED) is 0.456. The van der Waals surface area contributed by atoms with Crippen LogP contribution in [0, 0.1) is 16.0 Å². The van der Waals surface area contributed by atoms with Crippen molar-refractivity contribution < 1.29 is 19.2 Å². The van der Waals surface area contributed by atoms with Crippen molar-refractivity contribution >= 4 is 17.5 Å². The van der Waals surface area contributed by atoms with Crippen molar-refractivity contribution in [1.29, 1.82) is 0 Å². The topological polar surface area (TPSA) is 116 Å². The highest BCUT2D eigenvalue weighted by Gasteiger charge is 2.28. The number of nitrogens with zero attached hydrogens (tertiary/aromatic N) is 3. The van der Waals surface area contributed by atoms with E-state index in [0.717, 1.165) is 6.33 Å². The lowest BCUT2D eigenvalue weighted by atomic mass is 10.0. The lowest BCUT2D eigenvalue weighted by Gasteiger charge is -2.18. The van der Waals surface area contributed by atoms with Gasteiger partial charge in [0.1, 0.15) is 12.4 Å². The zero-order chi connectivity index (χ0) is 16.0. The molecule has 1 N–H and O–H groups in total. The molecule has 0 saturated heterocycles.